The maximum atomic E-state index is 13.4. The van der Waals surface area contributed by atoms with E-state index in [0.717, 1.165) is 63.2 Å². The number of hydrogen-bond donors (Lipinski definition) is 1. The van der Waals surface area contributed by atoms with Crippen molar-refractivity contribution in [3.8, 4) is 0 Å². The van der Waals surface area contributed by atoms with Crippen molar-refractivity contribution in [1.29, 1.82) is 0 Å². The summed E-state index contributed by atoms with van der Waals surface area (Å²) in [6, 6.07) is 0. The summed E-state index contributed by atoms with van der Waals surface area (Å²) in [5.74, 6) is 1.74. The van der Waals surface area contributed by atoms with Gasteiger partial charge >= 0.3 is 0 Å². The van der Waals surface area contributed by atoms with Gasteiger partial charge < -0.3 is 10.2 Å². The SMILES string of the molecule is C=C(Cl)/C=C\C(=CC)NC1(C(=O)N2CCC(C(C)C)CC2)CCCC1. The number of nitrogens with zero attached hydrogens (tertiary/aromatic N) is 1. The van der Waals surface area contributed by atoms with Crippen LogP contribution in [-0.2, 0) is 4.79 Å². The number of halogens is 1. The van der Waals surface area contributed by atoms with Crippen LogP contribution in [0.5, 0.6) is 0 Å². The van der Waals surface area contributed by atoms with E-state index in [1.165, 1.54) is 0 Å². The molecule has 2 aliphatic rings. The Hall–Kier alpha value is -1.22. The van der Waals surface area contributed by atoms with Gasteiger partial charge in [0.25, 0.3) is 0 Å². The van der Waals surface area contributed by atoms with Gasteiger partial charge in [-0.25, -0.2) is 0 Å². The lowest BCUT2D eigenvalue weighted by Crippen LogP contribution is -2.57. The first-order valence-corrected chi connectivity index (χ1v) is 10.0. The number of piperidine rings is 1. The van der Waals surface area contributed by atoms with Gasteiger partial charge in [-0.1, -0.05) is 50.9 Å². The highest BCUT2D eigenvalue weighted by Gasteiger charge is 2.44. The quantitative estimate of drug-likeness (QED) is 0.673. The number of carbonyl (C=O) groups is 1. The maximum Gasteiger partial charge on any atom is 0.248 e. The molecule has 1 N–H and O–H groups in total. The highest BCUT2D eigenvalue weighted by molar-refractivity contribution is 6.30. The lowest BCUT2D eigenvalue weighted by molar-refractivity contribution is -0.139. The molecule has 0 atom stereocenters. The zero-order chi connectivity index (χ0) is 18.4. The van der Waals surface area contributed by atoms with E-state index >= 15 is 0 Å². The fraction of sp³-hybridized carbons (Fsp3) is 0.667. The van der Waals surface area contributed by atoms with Crippen LogP contribution >= 0.6 is 11.6 Å². The average Bonchev–Trinajstić information content (AvgIpc) is 3.07. The summed E-state index contributed by atoms with van der Waals surface area (Å²) in [4.78, 5) is 15.4. The summed E-state index contributed by atoms with van der Waals surface area (Å²) in [6.07, 6.45) is 11.9. The number of allylic oxidation sites excluding steroid dienone is 4. The van der Waals surface area contributed by atoms with Crippen LogP contribution in [0.3, 0.4) is 0 Å². The molecule has 2 rings (SSSR count). The van der Waals surface area contributed by atoms with Gasteiger partial charge in [0.1, 0.15) is 5.54 Å². The van der Waals surface area contributed by atoms with Gasteiger partial charge in [-0.15, -0.1) is 0 Å². The van der Waals surface area contributed by atoms with Gasteiger partial charge in [-0.3, -0.25) is 4.79 Å². The normalized spacial score (nSPS) is 22.0. The molecule has 1 saturated carbocycles. The summed E-state index contributed by atoms with van der Waals surface area (Å²) in [6.45, 7) is 12.0. The molecule has 25 heavy (non-hydrogen) atoms. The van der Waals surface area contributed by atoms with E-state index in [2.05, 4.69) is 30.6 Å². The largest absolute Gasteiger partial charge is 0.371 e. The van der Waals surface area contributed by atoms with Gasteiger partial charge in [0.15, 0.2) is 0 Å². The van der Waals surface area contributed by atoms with Crippen LogP contribution in [0.1, 0.15) is 59.3 Å². The highest BCUT2D eigenvalue weighted by atomic mass is 35.5. The Morgan fingerprint density at radius 3 is 2.32 bits per heavy atom. The van der Waals surface area contributed by atoms with E-state index in [1.54, 1.807) is 6.08 Å². The molecule has 0 aromatic heterocycles. The first kappa shape index (κ1) is 20.1. The minimum atomic E-state index is -0.454. The van der Waals surface area contributed by atoms with Gasteiger partial charge in [-0.05, 0) is 56.6 Å². The molecule has 0 aromatic carbocycles. The number of nitrogens with one attached hydrogen (secondary N) is 1. The summed E-state index contributed by atoms with van der Waals surface area (Å²) >= 11 is 5.84. The molecule has 0 radical (unpaired) electrons. The minimum Gasteiger partial charge on any atom is -0.371 e. The average molecular weight is 365 g/mol. The molecule has 140 valence electrons. The molecule has 0 bridgehead atoms. The summed E-state index contributed by atoms with van der Waals surface area (Å²) in [5, 5.41) is 4.04. The Morgan fingerprint density at radius 1 is 1.24 bits per heavy atom. The first-order chi connectivity index (χ1) is 11.9. The fourth-order valence-electron chi connectivity index (χ4n) is 4.11. The number of likely N-dealkylation sites (tertiary alicyclic amines) is 1. The van der Waals surface area contributed by atoms with E-state index in [9.17, 15) is 4.79 Å². The topological polar surface area (TPSA) is 32.3 Å². The summed E-state index contributed by atoms with van der Waals surface area (Å²) in [7, 11) is 0. The molecular formula is C21H33ClN2O. The maximum absolute atomic E-state index is 13.4. The molecular weight excluding hydrogens is 332 g/mol. The zero-order valence-corrected chi connectivity index (χ0v) is 16.7. The Labute approximate surface area is 158 Å². The lowest BCUT2D eigenvalue weighted by Gasteiger charge is -2.40. The molecule has 1 aliphatic carbocycles. The van der Waals surface area contributed by atoms with Crippen LogP contribution in [0.15, 0.2) is 35.5 Å². The van der Waals surface area contributed by atoms with E-state index < -0.39 is 5.54 Å². The molecule has 0 aromatic rings. The van der Waals surface area contributed by atoms with E-state index in [-0.39, 0.29) is 5.91 Å². The highest BCUT2D eigenvalue weighted by Crippen LogP contribution is 2.34. The number of rotatable bonds is 6. The Bertz CT molecular complexity index is 536. The summed E-state index contributed by atoms with van der Waals surface area (Å²) < 4.78 is 0. The second-order valence-electron chi connectivity index (χ2n) is 7.81. The van der Waals surface area contributed by atoms with Crippen molar-refractivity contribution in [2.75, 3.05) is 13.1 Å². The van der Waals surface area contributed by atoms with Crippen LogP contribution in [0.25, 0.3) is 0 Å². The van der Waals surface area contributed by atoms with Crippen molar-refractivity contribution in [2.45, 2.75) is 64.8 Å². The number of carbonyl (C=O) groups excluding carboxylic acids is 1. The van der Waals surface area contributed by atoms with Crippen molar-refractivity contribution in [1.82, 2.24) is 10.2 Å². The third-order valence-electron chi connectivity index (χ3n) is 5.77. The Morgan fingerprint density at radius 2 is 1.84 bits per heavy atom. The fourth-order valence-corrected chi connectivity index (χ4v) is 4.17. The van der Waals surface area contributed by atoms with Crippen molar-refractivity contribution in [3.05, 3.63) is 35.5 Å². The van der Waals surface area contributed by atoms with Gasteiger partial charge in [-0.2, -0.15) is 0 Å². The Kier molecular flexibility index (Phi) is 7.18. The number of amides is 1. The van der Waals surface area contributed by atoms with Gasteiger partial charge in [0, 0.05) is 23.8 Å². The van der Waals surface area contributed by atoms with Crippen molar-refractivity contribution >= 4 is 17.5 Å². The van der Waals surface area contributed by atoms with Crippen molar-refractivity contribution in [3.63, 3.8) is 0 Å². The Balaban J connectivity index is 2.08. The van der Waals surface area contributed by atoms with Crippen LogP contribution in [0.4, 0.5) is 0 Å². The van der Waals surface area contributed by atoms with Crippen LogP contribution in [0, 0.1) is 11.8 Å². The molecule has 1 amide bonds. The monoisotopic (exact) mass is 364 g/mol. The zero-order valence-electron chi connectivity index (χ0n) is 16.0. The minimum absolute atomic E-state index is 0.282. The second-order valence-corrected chi connectivity index (χ2v) is 8.30. The van der Waals surface area contributed by atoms with Gasteiger partial charge in [0.2, 0.25) is 5.91 Å². The second kappa shape index (κ2) is 8.93. The van der Waals surface area contributed by atoms with Gasteiger partial charge in [0.05, 0.1) is 0 Å². The predicted molar refractivity (Wildman–Crippen MR) is 106 cm³/mol. The molecule has 0 unspecified atom stereocenters. The third-order valence-corrected chi connectivity index (χ3v) is 5.90. The van der Waals surface area contributed by atoms with Crippen molar-refractivity contribution in [2.24, 2.45) is 11.8 Å². The van der Waals surface area contributed by atoms with Crippen LogP contribution < -0.4 is 5.32 Å². The van der Waals surface area contributed by atoms with Crippen LogP contribution in [0.2, 0.25) is 0 Å². The van der Waals surface area contributed by atoms with Crippen LogP contribution in [-0.4, -0.2) is 29.4 Å². The summed E-state index contributed by atoms with van der Waals surface area (Å²) in [5.41, 5.74) is 0.485. The third kappa shape index (κ3) is 5.13. The molecule has 1 heterocycles. The van der Waals surface area contributed by atoms with E-state index in [1.807, 2.05) is 19.1 Å². The standard InChI is InChI=1S/C21H33ClN2O/c1-5-19(9-8-17(4)22)23-21(12-6-7-13-21)20(25)24-14-10-18(11-15-24)16(2)3/h5,8-9,16,18,23H,4,6-7,10-15H2,1-3H3/b9-8-,19-5?. The lowest BCUT2D eigenvalue weighted by atomic mass is 9.85. The van der Waals surface area contributed by atoms with E-state index in [0.29, 0.717) is 11.0 Å². The molecule has 1 saturated heterocycles. The number of hydrogen-bond acceptors (Lipinski definition) is 2. The first-order valence-electron chi connectivity index (χ1n) is 9.64. The molecule has 1 aliphatic heterocycles. The van der Waals surface area contributed by atoms with E-state index in [4.69, 9.17) is 11.6 Å². The molecule has 3 nitrogen and oxygen atoms in total. The molecule has 2 fully saturated rings. The van der Waals surface area contributed by atoms with Crippen molar-refractivity contribution < 1.29 is 4.79 Å². The molecule has 0 spiro atoms. The smallest absolute Gasteiger partial charge is 0.248 e. The molecule has 4 heteroatoms. The predicted octanol–water partition coefficient (Wildman–Crippen LogP) is 5.00.